The fourth-order valence-electron chi connectivity index (χ4n) is 3.87. The van der Waals surface area contributed by atoms with Crippen molar-refractivity contribution in [2.24, 2.45) is 5.41 Å². The Labute approximate surface area is 167 Å². The van der Waals surface area contributed by atoms with Crippen molar-refractivity contribution in [1.82, 2.24) is 5.32 Å². The first-order valence-corrected chi connectivity index (χ1v) is 10.2. The third kappa shape index (κ3) is 5.61. The molecule has 156 valence electrons. The molecular formula is C22H33NO5. The van der Waals surface area contributed by atoms with Gasteiger partial charge in [-0.2, -0.15) is 0 Å². The van der Waals surface area contributed by atoms with Crippen molar-refractivity contribution in [3.05, 3.63) is 24.3 Å². The summed E-state index contributed by atoms with van der Waals surface area (Å²) in [6, 6.07) is 7.70. The second kappa shape index (κ2) is 8.70. The second-order valence-electron chi connectivity index (χ2n) is 9.05. The molecule has 1 fully saturated rings. The van der Waals surface area contributed by atoms with Crippen molar-refractivity contribution in [1.29, 1.82) is 0 Å². The number of esters is 1. The van der Waals surface area contributed by atoms with E-state index in [1.165, 1.54) is 0 Å². The number of rotatable bonds is 6. The fraction of sp³-hybridized carbons (Fsp3) is 0.682. The number of nitrogens with one attached hydrogen (secondary N) is 1. The number of benzene rings is 1. The maximum absolute atomic E-state index is 12.2. The number of carbonyl (C=O) groups excluding carboxylic acids is 1. The van der Waals surface area contributed by atoms with E-state index in [0.717, 1.165) is 37.4 Å². The molecule has 2 aliphatic rings. The fourth-order valence-corrected chi connectivity index (χ4v) is 3.87. The van der Waals surface area contributed by atoms with Crippen molar-refractivity contribution < 1.29 is 23.7 Å². The highest BCUT2D eigenvalue weighted by molar-refractivity contribution is 5.71. The average molecular weight is 392 g/mol. The van der Waals surface area contributed by atoms with Crippen molar-refractivity contribution in [2.45, 2.75) is 64.8 Å². The molecular weight excluding hydrogens is 358 g/mol. The maximum atomic E-state index is 12.2. The van der Waals surface area contributed by atoms with Crippen molar-refractivity contribution in [2.75, 3.05) is 26.3 Å². The van der Waals surface area contributed by atoms with Gasteiger partial charge in [0, 0.05) is 18.4 Å². The Balaban J connectivity index is 1.65. The normalized spacial score (nSPS) is 25.8. The van der Waals surface area contributed by atoms with Gasteiger partial charge in [-0.1, -0.05) is 19.1 Å². The minimum absolute atomic E-state index is 0.0539. The molecule has 2 heterocycles. The third-order valence-electron chi connectivity index (χ3n) is 5.27. The van der Waals surface area contributed by atoms with E-state index in [2.05, 4.69) is 12.2 Å². The van der Waals surface area contributed by atoms with Gasteiger partial charge in [0.1, 0.15) is 24.9 Å². The summed E-state index contributed by atoms with van der Waals surface area (Å²) in [6.45, 7) is 10.1. The minimum Gasteiger partial charge on any atom is -0.486 e. The van der Waals surface area contributed by atoms with Crippen LogP contribution in [0, 0.1) is 5.41 Å². The van der Waals surface area contributed by atoms with Gasteiger partial charge in [0.05, 0.1) is 6.10 Å². The molecule has 1 aromatic rings. The van der Waals surface area contributed by atoms with E-state index in [4.69, 9.17) is 18.9 Å². The first kappa shape index (κ1) is 20.9. The molecule has 0 spiro atoms. The van der Waals surface area contributed by atoms with E-state index in [9.17, 15) is 4.79 Å². The molecule has 0 bridgehead atoms. The summed E-state index contributed by atoms with van der Waals surface area (Å²) >= 11 is 0. The maximum Gasteiger partial charge on any atom is 0.332 e. The van der Waals surface area contributed by atoms with Gasteiger partial charge in [0.25, 0.3) is 0 Å². The van der Waals surface area contributed by atoms with E-state index in [1.54, 1.807) is 0 Å². The lowest BCUT2D eigenvalue weighted by molar-refractivity contribution is -0.167. The standard InChI is InChI=1S/C22H33NO5/c1-21(2,3)28-20(24)14-26-19(22(4)10-7-11-23-15-22)12-16-13-25-17-8-5-6-9-18(17)27-16/h5-6,8-9,16,19,23H,7,10-15H2,1-4H3/t16?,19-,22?/m0/s1. The lowest BCUT2D eigenvalue weighted by Crippen LogP contribution is -2.49. The molecule has 2 aliphatic heterocycles. The first-order valence-electron chi connectivity index (χ1n) is 10.2. The van der Waals surface area contributed by atoms with Gasteiger partial charge in [0.15, 0.2) is 11.5 Å². The number of para-hydroxylation sites is 2. The molecule has 0 aliphatic carbocycles. The summed E-state index contributed by atoms with van der Waals surface area (Å²) in [5.74, 6) is 1.20. The van der Waals surface area contributed by atoms with Crippen LogP contribution in [0.4, 0.5) is 0 Å². The third-order valence-corrected chi connectivity index (χ3v) is 5.27. The van der Waals surface area contributed by atoms with Crippen LogP contribution in [0.1, 0.15) is 47.0 Å². The lowest BCUT2D eigenvalue weighted by atomic mass is 9.75. The van der Waals surface area contributed by atoms with Crippen molar-refractivity contribution in [3.8, 4) is 11.5 Å². The van der Waals surface area contributed by atoms with E-state index in [1.807, 2.05) is 45.0 Å². The molecule has 0 aromatic heterocycles. The molecule has 1 N–H and O–H groups in total. The van der Waals surface area contributed by atoms with Crippen LogP contribution in [0.25, 0.3) is 0 Å². The Kier molecular flexibility index (Phi) is 6.50. The van der Waals surface area contributed by atoms with Gasteiger partial charge >= 0.3 is 5.97 Å². The van der Waals surface area contributed by atoms with Crippen molar-refractivity contribution in [3.63, 3.8) is 0 Å². The molecule has 0 amide bonds. The molecule has 0 saturated carbocycles. The summed E-state index contributed by atoms with van der Waals surface area (Å²) in [7, 11) is 0. The minimum atomic E-state index is -0.518. The second-order valence-corrected chi connectivity index (χ2v) is 9.05. The molecule has 0 radical (unpaired) electrons. The smallest absolute Gasteiger partial charge is 0.332 e. The summed E-state index contributed by atoms with van der Waals surface area (Å²) in [6.07, 6.45) is 2.55. The molecule has 28 heavy (non-hydrogen) atoms. The van der Waals surface area contributed by atoms with Crippen LogP contribution in [-0.4, -0.2) is 50.1 Å². The zero-order valence-corrected chi connectivity index (χ0v) is 17.5. The topological polar surface area (TPSA) is 66.0 Å². The molecule has 6 heteroatoms. The number of hydrogen-bond acceptors (Lipinski definition) is 6. The van der Waals surface area contributed by atoms with E-state index in [-0.39, 0.29) is 30.2 Å². The van der Waals surface area contributed by atoms with Crippen LogP contribution >= 0.6 is 0 Å². The van der Waals surface area contributed by atoms with Crippen LogP contribution in [0.2, 0.25) is 0 Å². The first-order chi connectivity index (χ1) is 13.3. The Morgan fingerprint density at radius 2 is 2.07 bits per heavy atom. The largest absolute Gasteiger partial charge is 0.486 e. The number of hydrogen-bond donors (Lipinski definition) is 1. The van der Waals surface area contributed by atoms with Gasteiger partial charge in [-0.05, 0) is 52.3 Å². The van der Waals surface area contributed by atoms with Crippen LogP contribution in [-0.2, 0) is 14.3 Å². The van der Waals surface area contributed by atoms with Crippen LogP contribution in [0.15, 0.2) is 24.3 Å². The van der Waals surface area contributed by atoms with Gasteiger partial charge < -0.3 is 24.3 Å². The molecule has 1 aromatic carbocycles. The quantitative estimate of drug-likeness (QED) is 0.751. The summed E-state index contributed by atoms with van der Waals surface area (Å²) in [5.41, 5.74) is -0.586. The Morgan fingerprint density at radius 1 is 1.32 bits per heavy atom. The van der Waals surface area contributed by atoms with Crippen LogP contribution in [0.3, 0.4) is 0 Å². The van der Waals surface area contributed by atoms with Gasteiger partial charge in [-0.3, -0.25) is 0 Å². The zero-order chi connectivity index (χ0) is 20.2. The SMILES string of the molecule is CC(C)(C)OC(=O)CO[C@@H](CC1COc2ccccc2O1)C1(C)CCCNC1. The molecule has 2 unspecified atom stereocenters. The highest BCUT2D eigenvalue weighted by Crippen LogP contribution is 2.37. The van der Waals surface area contributed by atoms with E-state index < -0.39 is 5.60 Å². The predicted molar refractivity (Wildman–Crippen MR) is 107 cm³/mol. The predicted octanol–water partition coefficient (Wildman–Crippen LogP) is 3.33. The summed E-state index contributed by atoms with van der Waals surface area (Å²) in [4.78, 5) is 12.2. The number of piperidine rings is 1. The van der Waals surface area contributed by atoms with Gasteiger partial charge in [-0.25, -0.2) is 4.79 Å². The van der Waals surface area contributed by atoms with Gasteiger partial charge in [0.2, 0.25) is 0 Å². The summed E-state index contributed by atoms with van der Waals surface area (Å²) < 4.78 is 23.5. The Hall–Kier alpha value is -1.79. The van der Waals surface area contributed by atoms with Crippen LogP contribution in [0.5, 0.6) is 11.5 Å². The monoisotopic (exact) mass is 391 g/mol. The van der Waals surface area contributed by atoms with Crippen molar-refractivity contribution >= 4 is 5.97 Å². The van der Waals surface area contributed by atoms with E-state index >= 15 is 0 Å². The Morgan fingerprint density at radius 3 is 2.75 bits per heavy atom. The van der Waals surface area contributed by atoms with Gasteiger partial charge in [-0.15, -0.1) is 0 Å². The number of ether oxygens (including phenoxy) is 4. The number of fused-ring (bicyclic) bond motifs is 1. The zero-order valence-electron chi connectivity index (χ0n) is 17.5. The summed E-state index contributed by atoms with van der Waals surface area (Å²) in [5, 5.41) is 3.47. The molecule has 3 rings (SSSR count). The molecule has 3 atom stereocenters. The van der Waals surface area contributed by atoms with E-state index in [0.29, 0.717) is 13.0 Å². The average Bonchev–Trinajstić information content (AvgIpc) is 2.64. The Bertz CT molecular complexity index is 663. The highest BCUT2D eigenvalue weighted by Gasteiger charge is 2.39. The number of carbonyl (C=O) groups is 1. The lowest BCUT2D eigenvalue weighted by Gasteiger charge is -2.42. The molecule has 1 saturated heterocycles. The molecule has 6 nitrogen and oxygen atoms in total. The van der Waals surface area contributed by atoms with Crippen LogP contribution < -0.4 is 14.8 Å². The highest BCUT2D eigenvalue weighted by atomic mass is 16.6.